The molecule has 0 aliphatic heterocycles. The molecule has 0 atom stereocenters. The fourth-order valence-corrected chi connectivity index (χ4v) is 1.32. The second kappa shape index (κ2) is 7.35. The standard InChI is InChI=1S/C13H19FN4O/c1-9(2)3-4-19-12-6-10(5-11(14)7-12)8-17-18-13(15)16/h5-9H,3-4H2,1-2H3,(H4,15,16,18). The molecule has 0 spiro atoms. The lowest BCUT2D eigenvalue weighted by Gasteiger charge is -2.08. The zero-order valence-corrected chi connectivity index (χ0v) is 11.1. The molecule has 5 nitrogen and oxygen atoms in total. The second-order valence-corrected chi connectivity index (χ2v) is 4.52. The highest BCUT2D eigenvalue weighted by molar-refractivity contribution is 5.82. The van der Waals surface area contributed by atoms with Crippen molar-refractivity contribution in [3.8, 4) is 5.75 Å². The van der Waals surface area contributed by atoms with Crippen LogP contribution in [0.4, 0.5) is 4.39 Å². The predicted octanol–water partition coefficient (Wildman–Crippen LogP) is 1.86. The lowest BCUT2D eigenvalue weighted by Crippen LogP contribution is -2.21. The Balaban J connectivity index is 2.71. The smallest absolute Gasteiger partial charge is 0.211 e. The van der Waals surface area contributed by atoms with Crippen LogP contribution in [0, 0.1) is 11.7 Å². The maximum Gasteiger partial charge on any atom is 0.211 e. The van der Waals surface area contributed by atoms with Gasteiger partial charge in [0.2, 0.25) is 5.96 Å². The average molecular weight is 266 g/mol. The number of ether oxygens (including phenoxy) is 1. The summed E-state index contributed by atoms with van der Waals surface area (Å²) in [6.45, 7) is 4.75. The number of halogens is 1. The van der Waals surface area contributed by atoms with Gasteiger partial charge in [0, 0.05) is 11.6 Å². The molecule has 104 valence electrons. The molecule has 0 aliphatic carbocycles. The van der Waals surface area contributed by atoms with Crippen LogP contribution in [0.25, 0.3) is 0 Å². The third-order valence-electron chi connectivity index (χ3n) is 2.24. The molecule has 19 heavy (non-hydrogen) atoms. The molecule has 0 radical (unpaired) electrons. The van der Waals surface area contributed by atoms with Crippen LogP contribution < -0.4 is 16.2 Å². The Bertz CT molecular complexity index is 468. The molecule has 0 unspecified atom stereocenters. The number of nitrogens with two attached hydrogens (primary N) is 2. The number of hydrogen-bond donors (Lipinski definition) is 2. The predicted molar refractivity (Wildman–Crippen MR) is 74.8 cm³/mol. The van der Waals surface area contributed by atoms with Gasteiger partial charge in [-0.1, -0.05) is 13.8 Å². The Hall–Kier alpha value is -2.11. The van der Waals surface area contributed by atoms with Crippen LogP contribution in [0.3, 0.4) is 0 Å². The molecule has 0 amide bonds. The number of nitrogens with zero attached hydrogens (tertiary/aromatic N) is 2. The van der Waals surface area contributed by atoms with Gasteiger partial charge in [-0.2, -0.15) is 5.10 Å². The first-order valence-electron chi connectivity index (χ1n) is 6.02. The van der Waals surface area contributed by atoms with E-state index in [2.05, 4.69) is 24.1 Å². The molecule has 0 aliphatic rings. The van der Waals surface area contributed by atoms with Crippen molar-refractivity contribution < 1.29 is 9.13 Å². The van der Waals surface area contributed by atoms with E-state index in [1.807, 2.05) is 0 Å². The highest BCUT2D eigenvalue weighted by atomic mass is 19.1. The van der Waals surface area contributed by atoms with Gasteiger partial charge >= 0.3 is 0 Å². The normalized spacial score (nSPS) is 10.9. The van der Waals surface area contributed by atoms with Crippen LogP contribution in [0.2, 0.25) is 0 Å². The van der Waals surface area contributed by atoms with Crippen LogP contribution in [-0.4, -0.2) is 18.8 Å². The van der Waals surface area contributed by atoms with Gasteiger partial charge in [-0.15, -0.1) is 5.10 Å². The quantitative estimate of drug-likeness (QED) is 0.468. The van der Waals surface area contributed by atoms with Crippen molar-refractivity contribution in [1.29, 1.82) is 0 Å². The summed E-state index contributed by atoms with van der Waals surface area (Å²) in [5.41, 5.74) is 10.8. The first-order chi connectivity index (χ1) is 8.97. The Morgan fingerprint density at radius 3 is 2.74 bits per heavy atom. The monoisotopic (exact) mass is 266 g/mol. The summed E-state index contributed by atoms with van der Waals surface area (Å²) in [7, 11) is 0. The SMILES string of the molecule is CC(C)CCOc1cc(F)cc(C=NN=C(N)N)c1. The van der Waals surface area contributed by atoms with E-state index < -0.39 is 5.82 Å². The summed E-state index contributed by atoms with van der Waals surface area (Å²) in [4.78, 5) is 0. The average Bonchev–Trinajstić information content (AvgIpc) is 2.27. The molecule has 0 saturated carbocycles. The Morgan fingerprint density at radius 1 is 1.37 bits per heavy atom. The van der Waals surface area contributed by atoms with Crippen LogP contribution >= 0.6 is 0 Å². The van der Waals surface area contributed by atoms with Gasteiger partial charge in [-0.05, 0) is 24.5 Å². The van der Waals surface area contributed by atoms with Crippen molar-refractivity contribution in [2.45, 2.75) is 20.3 Å². The minimum Gasteiger partial charge on any atom is -0.493 e. The van der Waals surface area contributed by atoms with Crippen molar-refractivity contribution >= 4 is 12.2 Å². The lowest BCUT2D eigenvalue weighted by atomic mass is 10.1. The van der Waals surface area contributed by atoms with E-state index in [0.717, 1.165) is 6.42 Å². The third kappa shape index (κ3) is 6.40. The van der Waals surface area contributed by atoms with Gasteiger partial charge in [-0.25, -0.2) is 4.39 Å². The van der Waals surface area contributed by atoms with E-state index in [0.29, 0.717) is 23.8 Å². The Morgan fingerprint density at radius 2 is 2.11 bits per heavy atom. The highest BCUT2D eigenvalue weighted by Crippen LogP contribution is 2.16. The molecule has 0 heterocycles. The van der Waals surface area contributed by atoms with Crippen LogP contribution in [0.15, 0.2) is 28.4 Å². The van der Waals surface area contributed by atoms with E-state index >= 15 is 0 Å². The molecular formula is C13H19FN4O. The van der Waals surface area contributed by atoms with Crippen molar-refractivity contribution in [1.82, 2.24) is 0 Å². The number of hydrogen-bond acceptors (Lipinski definition) is 3. The molecule has 6 heteroatoms. The van der Waals surface area contributed by atoms with Crippen molar-refractivity contribution in [3.63, 3.8) is 0 Å². The first kappa shape index (κ1) is 14.9. The molecular weight excluding hydrogens is 247 g/mol. The third-order valence-corrected chi connectivity index (χ3v) is 2.24. The summed E-state index contributed by atoms with van der Waals surface area (Å²) in [6, 6.07) is 4.33. The van der Waals surface area contributed by atoms with Gasteiger partial charge in [-0.3, -0.25) is 0 Å². The lowest BCUT2D eigenvalue weighted by molar-refractivity contribution is 0.288. The summed E-state index contributed by atoms with van der Waals surface area (Å²) in [6.07, 6.45) is 2.27. The zero-order chi connectivity index (χ0) is 14.3. The van der Waals surface area contributed by atoms with E-state index in [4.69, 9.17) is 16.2 Å². The topological polar surface area (TPSA) is 86.0 Å². The second-order valence-electron chi connectivity index (χ2n) is 4.52. The van der Waals surface area contributed by atoms with Crippen LogP contribution in [0.5, 0.6) is 5.75 Å². The van der Waals surface area contributed by atoms with Crippen molar-refractivity contribution in [2.24, 2.45) is 27.6 Å². The minimum atomic E-state index is -0.395. The zero-order valence-electron chi connectivity index (χ0n) is 11.1. The van der Waals surface area contributed by atoms with Crippen molar-refractivity contribution in [2.75, 3.05) is 6.61 Å². The maximum absolute atomic E-state index is 13.4. The van der Waals surface area contributed by atoms with E-state index in [-0.39, 0.29) is 5.96 Å². The van der Waals surface area contributed by atoms with Crippen LogP contribution in [0.1, 0.15) is 25.8 Å². The molecule has 1 aromatic rings. The minimum absolute atomic E-state index is 0.152. The van der Waals surface area contributed by atoms with E-state index in [1.54, 1.807) is 6.07 Å². The molecule has 0 bridgehead atoms. The Kier molecular flexibility index (Phi) is 5.78. The molecule has 0 aromatic heterocycles. The van der Waals surface area contributed by atoms with Gasteiger partial charge in [0.15, 0.2) is 0 Å². The summed E-state index contributed by atoms with van der Waals surface area (Å²) in [5.74, 6) is 0.456. The molecule has 4 N–H and O–H groups in total. The van der Waals surface area contributed by atoms with E-state index in [9.17, 15) is 4.39 Å². The largest absolute Gasteiger partial charge is 0.493 e. The van der Waals surface area contributed by atoms with Gasteiger partial charge in [0.05, 0.1) is 12.8 Å². The maximum atomic E-state index is 13.4. The summed E-state index contributed by atoms with van der Waals surface area (Å²) < 4.78 is 18.9. The number of guanidine groups is 1. The van der Waals surface area contributed by atoms with Gasteiger partial charge < -0.3 is 16.2 Å². The Labute approximate surface area is 112 Å². The molecule has 0 saturated heterocycles. The molecule has 0 fully saturated rings. The summed E-state index contributed by atoms with van der Waals surface area (Å²) >= 11 is 0. The fraction of sp³-hybridized carbons (Fsp3) is 0.385. The van der Waals surface area contributed by atoms with Gasteiger partial charge in [0.1, 0.15) is 11.6 Å². The van der Waals surface area contributed by atoms with Crippen molar-refractivity contribution in [3.05, 3.63) is 29.6 Å². The van der Waals surface area contributed by atoms with Crippen LogP contribution in [-0.2, 0) is 0 Å². The molecule has 1 aromatic carbocycles. The summed E-state index contributed by atoms with van der Waals surface area (Å²) in [5, 5.41) is 7.07. The van der Waals surface area contributed by atoms with Gasteiger partial charge in [0.25, 0.3) is 0 Å². The molecule has 1 rings (SSSR count). The van der Waals surface area contributed by atoms with E-state index in [1.165, 1.54) is 18.3 Å². The first-order valence-corrected chi connectivity index (χ1v) is 6.02. The fourth-order valence-electron chi connectivity index (χ4n) is 1.32. The highest BCUT2D eigenvalue weighted by Gasteiger charge is 2.01. The number of benzene rings is 1. The number of rotatable bonds is 6.